The fourth-order valence-corrected chi connectivity index (χ4v) is 6.06. The summed E-state index contributed by atoms with van der Waals surface area (Å²) >= 11 is 1.22. The van der Waals surface area contributed by atoms with Crippen LogP contribution in [0.25, 0.3) is 53.6 Å². The van der Waals surface area contributed by atoms with Crippen LogP contribution in [-0.4, -0.2) is 18.3 Å². The maximum atomic E-state index is 9.45. The van der Waals surface area contributed by atoms with Crippen molar-refractivity contribution >= 4 is 44.1 Å². The van der Waals surface area contributed by atoms with Crippen LogP contribution in [0.1, 0.15) is 34.5 Å². The van der Waals surface area contributed by atoms with Crippen molar-refractivity contribution in [3.8, 4) is 33.4 Å². The summed E-state index contributed by atoms with van der Waals surface area (Å²) in [6.07, 6.45) is 0. The minimum absolute atomic E-state index is 0.0449. The molecule has 0 N–H and O–H groups in total. The Morgan fingerprint density at radius 1 is 0.575 bits per heavy atom. The molecule has 5 aromatic carbocycles. The van der Waals surface area contributed by atoms with E-state index in [9.17, 15) is 1.37 Å². The van der Waals surface area contributed by atoms with E-state index in [1.807, 2.05) is 76.2 Å². The first-order valence-electron chi connectivity index (χ1n) is 16.0. The molecule has 0 atom stereocenters. The molecule has 1 aliphatic heterocycles. The normalized spacial score (nSPS) is 17.9. The quantitative estimate of drug-likeness (QED) is 0.206. The predicted octanol–water partition coefficient (Wildman–Crippen LogP) is 9.35. The maximum Gasteiger partial charge on any atom is 0.494 e. The summed E-state index contributed by atoms with van der Waals surface area (Å²) in [5.74, 6) is 0. The van der Waals surface area contributed by atoms with Crippen molar-refractivity contribution in [2.75, 3.05) is 0 Å². The molecule has 6 aromatic rings. The molecule has 0 amide bonds. The molecule has 0 unspecified atom stereocenters. The van der Waals surface area contributed by atoms with Gasteiger partial charge in [0, 0.05) is 20.2 Å². The van der Waals surface area contributed by atoms with Gasteiger partial charge in [-0.2, -0.15) is 0 Å². The molecule has 0 radical (unpaired) electrons. The smallest absolute Gasteiger partial charge is 0.399 e. The van der Waals surface area contributed by atoms with Crippen molar-refractivity contribution in [2.24, 2.45) is 0 Å². The van der Waals surface area contributed by atoms with E-state index in [-0.39, 0.29) is 35.7 Å². The van der Waals surface area contributed by atoms with Gasteiger partial charge in [0.25, 0.3) is 0 Å². The Labute approximate surface area is 247 Å². The lowest BCUT2D eigenvalue weighted by atomic mass is 9.79. The standard InChI is InChI=1S/C36H31BO2S/c1-35(2)36(3,4)39-37(38-35)30-16-17-31-32-22-26(15-18-33(32)40-34(31)23-30)29-20-27(24-11-7-5-8-12-24)19-28(21-29)25-13-9-6-10-14-25/h5-23H,1-4H3/i16D,17D,18D,22D,23D. The van der Waals surface area contributed by atoms with Crippen LogP contribution in [0.4, 0.5) is 0 Å². The van der Waals surface area contributed by atoms with Crippen molar-refractivity contribution in [1.82, 2.24) is 0 Å². The first-order chi connectivity index (χ1) is 21.4. The Kier molecular flexibility index (Phi) is 4.78. The van der Waals surface area contributed by atoms with Crippen molar-refractivity contribution in [3.63, 3.8) is 0 Å². The van der Waals surface area contributed by atoms with E-state index in [0.29, 0.717) is 25.7 Å². The van der Waals surface area contributed by atoms with Crippen LogP contribution in [0.3, 0.4) is 0 Å². The molecule has 0 aliphatic carbocycles. The molecular formula is C36H31BO2S. The molecule has 2 heterocycles. The van der Waals surface area contributed by atoms with E-state index in [2.05, 4.69) is 30.3 Å². The molecule has 0 bridgehead atoms. The van der Waals surface area contributed by atoms with E-state index in [4.69, 9.17) is 14.8 Å². The summed E-state index contributed by atoms with van der Waals surface area (Å²) in [7, 11) is -0.965. The Morgan fingerprint density at radius 3 is 1.70 bits per heavy atom. The molecule has 1 fully saturated rings. The van der Waals surface area contributed by atoms with Crippen LogP contribution < -0.4 is 5.46 Å². The fraction of sp³-hybridized carbons (Fsp3) is 0.167. The fourth-order valence-electron chi connectivity index (χ4n) is 5.06. The first-order valence-corrected chi connectivity index (χ1v) is 14.3. The summed E-state index contributed by atoms with van der Waals surface area (Å²) < 4.78 is 59.1. The van der Waals surface area contributed by atoms with Crippen LogP contribution in [0.5, 0.6) is 0 Å². The first kappa shape index (κ1) is 20.2. The van der Waals surface area contributed by atoms with Gasteiger partial charge in [-0.25, -0.2) is 0 Å². The van der Waals surface area contributed by atoms with Crippen molar-refractivity contribution in [1.29, 1.82) is 0 Å². The third kappa shape index (κ3) is 4.37. The lowest BCUT2D eigenvalue weighted by Crippen LogP contribution is -2.41. The number of hydrogen-bond acceptors (Lipinski definition) is 3. The van der Waals surface area contributed by atoms with Crippen LogP contribution >= 0.6 is 11.3 Å². The minimum atomic E-state index is -0.965. The average Bonchev–Trinajstić information content (AvgIpc) is 3.53. The topological polar surface area (TPSA) is 18.5 Å². The maximum absolute atomic E-state index is 9.45. The van der Waals surface area contributed by atoms with Crippen LogP contribution in [0, 0.1) is 0 Å². The van der Waals surface area contributed by atoms with E-state index in [1.165, 1.54) is 11.3 Å². The number of rotatable bonds is 4. The molecule has 0 saturated carbocycles. The third-order valence-corrected chi connectivity index (χ3v) is 9.07. The largest absolute Gasteiger partial charge is 0.494 e. The number of benzene rings is 5. The van der Waals surface area contributed by atoms with Gasteiger partial charge in [-0.15, -0.1) is 11.3 Å². The summed E-state index contributed by atoms with van der Waals surface area (Å²) in [4.78, 5) is 0. The predicted molar refractivity (Wildman–Crippen MR) is 171 cm³/mol. The van der Waals surface area contributed by atoms with Gasteiger partial charge >= 0.3 is 7.12 Å². The lowest BCUT2D eigenvalue weighted by molar-refractivity contribution is 0.00578. The second-order valence-electron chi connectivity index (χ2n) is 11.2. The van der Waals surface area contributed by atoms with Crippen molar-refractivity contribution in [2.45, 2.75) is 38.9 Å². The van der Waals surface area contributed by atoms with Gasteiger partial charge in [0.15, 0.2) is 0 Å². The number of hydrogen-bond donors (Lipinski definition) is 0. The van der Waals surface area contributed by atoms with E-state index >= 15 is 0 Å². The average molecular weight is 544 g/mol. The summed E-state index contributed by atoms with van der Waals surface area (Å²) in [5, 5.41) is 0.782. The highest BCUT2D eigenvalue weighted by Crippen LogP contribution is 2.40. The molecule has 2 nitrogen and oxygen atoms in total. The molecule has 4 heteroatoms. The third-order valence-electron chi connectivity index (χ3n) is 8.03. The van der Waals surface area contributed by atoms with Gasteiger partial charge in [0.1, 0.15) is 0 Å². The van der Waals surface area contributed by atoms with Gasteiger partial charge in [-0.05, 0) is 103 Å². The molecule has 0 spiro atoms. The Morgan fingerprint density at radius 2 is 1.12 bits per heavy atom. The van der Waals surface area contributed by atoms with Crippen molar-refractivity contribution in [3.05, 3.63) is 115 Å². The Hall–Kier alpha value is -3.70. The molecule has 196 valence electrons. The van der Waals surface area contributed by atoms with Gasteiger partial charge in [-0.3, -0.25) is 0 Å². The zero-order valence-electron chi connectivity index (χ0n) is 27.9. The lowest BCUT2D eigenvalue weighted by Gasteiger charge is -2.32. The summed E-state index contributed by atoms with van der Waals surface area (Å²) in [5.41, 5.74) is 4.28. The SMILES string of the molecule is [2H]c1c(B2OC(C)(C)C(C)(C)O2)c([2H])c2sc3c([2H])cc(-c4cc(-c5ccccc5)cc(-c5ccccc5)c4)c([2H])c3c2c1[2H]. The van der Waals surface area contributed by atoms with E-state index in [1.54, 1.807) is 6.07 Å². The Balaban J connectivity index is 1.47. The zero-order valence-corrected chi connectivity index (χ0v) is 23.7. The highest BCUT2D eigenvalue weighted by molar-refractivity contribution is 7.25. The van der Waals surface area contributed by atoms with Gasteiger partial charge in [-0.1, -0.05) is 78.8 Å². The summed E-state index contributed by atoms with van der Waals surface area (Å²) in [6, 6.07) is 28.3. The molecule has 1 aromatic heterocycles. The van der Waals surface area contributed by atoms with E-state index < -0.39 is 18.3 Å². The second kappa shape index (κ2) is 9.45. The molecular weight excluding hydrogens is 507 g/mol. The second-order valence-corrected chi connectivity index (χ2v) is 12.3. The zero-order chi connectivity index (χ0) is 31.8. The molecule has 1 aliphatic rings. The summed E-state index contributed by atoms with van der Waals surface area (Å²) in [6.45, 7) is 7.65. The molecule has 7 rings (SSSR count). The highest BCUT2D eigenvalue weighted by Gasteiger charge is 2.51. The van der Waals surface area contributed by atoms with Gasteiger partial charge in [0.2, 0.25) is 0 Å². The van der Waals surface area contributed by atoms with Crippen LogP contribution in [0.2, 0.25) is 0 Å². The number of fused-ring (bicyclic) bond motifs is 3. The van der Waals surface area contributed by atoms with Gasteiger partial charge in [0.05, 0.1) is 18.1 Å². The monoisotopic (exact) mass is 543 g/mol. The van der Waals surface area contributed by atoms with Crippen LogP contribution in [0.15, 0.2) is 115 Å². The van der Waals surface area contributed by atoms with Crippen molar-refractivity contribution < 1.29 is 16.2 Å². The van der Waals surface area contributed by atoms with Crippen LogP contribution in [-0.2, 0) is 9.31 Å². The molecule has 40 heavy (non-hydrogen) atoms. The minimum Gasteiger partial charge on any atom is -0.399 e. The van der Waals surface area contributed by atoms with E-state index in [0.717, 1.165) is 27.8 Å². The number of thiophene rings is 1. The Bertz CT molecular complexity index is 2050. The highest BCUT2D eigenvalue weighted by atomic mass is 32.1. The molecule has 1 saturated heterocycles. The van der Waals surface area contributed by atoms with Gasteiger partial charge < -0.3 is 9.31 Å².